The molecular formula is C22H25F2N5O5. The van der Waals surface area contributed by atoms with Gasteiger partial charge in [0.2, 0.25) is 0 Å². The first-order valence-corrected chi connectivity index (χ1v) is 10.5. The van der Waals surface area contributed by atoms with E-state index in [9.17, 15) is 23.5 Å². The molecule has 0 fully saturated rings. The van der Waals surface area contributed by atoms with Gasteiger partial charge in [0.25, 0.3) is 11.5 Å². The lowest BCUT2D eigenvalue weighted by Crippen LogP contribution is -2.35. The van der Waals surface area contributed by atoms with Gasteiger partial charge in [-0.15, -0.1) is 0 Å². The van der Waals surface area contributed by atoms with Crippen molar-refractivity contribution in [2.24, 2.45) is 5.92 Å². The molecule has 0 bridgehead atoms. The molecule has 0 aliphatic carbocycles. The molecule has 3 aromatic rings. The minimum Gasteiger partial charge on any atom is -0.449 e. The van der Waals surface area contributed by atoms with Crippen LogP contribution in [0, 0.1) is 17.6 Å². The fourth-order valence-electron chi connectivity index (χ4n) is 3.17. The van der Waals surface area contributed by atoms with Gasteiger partial charge in [0.05, 0.1) is 25.5 Å². The normalized spacial score (nSPS) is 13.0. The molecule has 3 rings (SSSR count). The van der Waals surface area contributed by atoms with Crippen molar-refractivity contribution in [3.63, 3.8) is 0 Å². The summed E-state index contributed by atoms with van der Waals surface area (Å²) in [5.74, 6) is -3.07. The molecule has 0 spiro atoms. The summed E-state index contributed by atoms with van der Waals surface area (Å²) < 4.78 is 35.2. The smallest absolute Gasteiger partial charge is 0.271 e. The molecule has 0 radical (unpaired) electrons. The number of aromatic nitrogens is 4. The molecular weight excluding hydrogens is 452 g/mol. The van der Waals surface area contributed by atoms with Gasteiger partial charge in [-0.2, -0.15) is 10.2 Å². The number of benzene rings is 1. The maximum atomic E-state index is 13.8. The lowest BCUT2D eigenvalue weighted by molar-refractivity contribution is -0.120. The average molecular weight is 477 g/mol. The van der Waals surface area contributed by atoms with Crippen LogP contribution in [0.2, 0.25) is 0 Å². The SMILES string of the molecule is CC(C)C[C@@H](C(=O)Nc1ccn(C[C@@H](O)CO)n1)n1ncc(Oc2c(F)cccc2F)cc1=O. The first kappa shape index (κ1) is 25.0. The number of ether oxygens (including phenoxy) is 1. The van der Waals surface area contributed by atoms with Crippen molar-refractivity contribution in [1.82, 2.24) is 19.6 Å². The minimum atomic E-state index is -1.00. The number of halogens is 2. The van der Waals surface area contributed by atoms with Gasteiger partial charge in [0.1, 0.15) is 6.04 Å². The van der Waals surface area contributed by atoms with E-state index in [-0.39, 0.29) is 30.5 Å². The Hall–Kier alpha value is -3.64. The van der Waals surface area contributed by atoms with E-state index < -0.39 is 47.6 Å². The van der Waals surface area contributed by atoms with Gasteiger partial charge in [-0.1, -0.05) is 19.9 Å². The second kappa shape index (κ2) is 11.0. The lowest BCUT2D eigenvalue weighted by Gasteiger charge is -2.19. The van der Waals surface area contributed by atoms with E-state index in [1.807, 2.05) is 13.8 Å². The van der Waals surface area contributed by atoms with Crippen molar-refractivity contribution in [2.75, 3.05) is 11.9 Å². The molecule has 2 atom stereocenters. The lowest BCUT2D eigenvalue weighted by atomic mass is 10.0. The van der Waals surface area contributed by atoms with Crippen LogP contribution in [-0.4, -0.2) is 48.4 Å². The third kappa shape index (κ3) is 6.23. The van der Waals surface area contributed by atoms with E-state index in [4.69, 9.17) is 9.84 Å². The summed E-state index contributed by atoms with van der Waals surface area (Å²) in [6.45, 7) is 3.34. The van der Waals surface area contributed by atoms with Crippen molar-refractivity contribution in [3.05, 3.63) is 64.7 Å². The average Bonchev–Trinajstić information content (AvgIpc) is 3.21. The van der Waals surface area contributed by atoms with Crippen molar-refractivity contribution < 1.29 is 28.5 Å². The second-order valence-electron chi connectivity index (χ2n) is 8.02. The minimum absolute atomic E-state index is 0.0187. The first-order chi connectivity index (χ1) is 16.2. The van der Waals surface area contributed by atoms with Gasteiger partial charge in [0, 0.05) is 18.3 Å². The third-order valence-electron chi connectivity index (χ3n) is 4.73. The molecule has 182 valence electrons. The Morgan fingerprint density at radius 2 is 1.94 bits per heavy atom. The number of carbonyl (C=O) groups is 1. The van der Waals surface area contributed by atoms with Gasteiger partial charge in [0.15, 0.2) is 29.0 Å². The van der Waals surface area contributed by atoms with Gasteiger partial charge >= 0.3 is 0 Å². The molecule has 1 aromatic carbocycles. The van der Waals surface area contributed by atoms with E-state index in [0.717, 1.165) is 29.1 Å². The zero-order chi connectivity index (χ0) is 24.8. The molecule has 0 saturated heterocycles. The number of rotatable bonds is 10. The van der Waals surface area contributed by atoms with E-state index in [2.05, 4.69) is 15.5 Å². The Morgan fingerprint density at radius 3 is 2.56 bits per heavy atom. The number of para-hydroxylation sites is 1. The number of anilines is 1. The number of amides is 1. The topological polar surface area (TPSA) is 132 Å². The Bertz CT molecular complexity index is 1180. The number of hydrogen-bond donors (Lipinski definition) is 3. The monoisotopic (exact) mass is 477 g/mol. The molecule has 2 heterocycles. The highest BCUT2D eigenvalue weighted by Gasteiger charge is 2.25. The van der Waals surface area contributed by atoms with Crippen molar-refractivity contribution in [3.8, 4) is 11.5 Å². The summed E-state index contributed by atoms with van der Waals surface area (Å²) in [6.07, 6.45) is 1.88. The summed E-state index contributed by atoms with van der Waals surface area (Å²) in [4.78, 5) is 25.7. The number of aliphatic hydroxyl groups excluding tert-OH is 2. The third-order valence-corrected chi connectivity index (χ3v) is 4.73. The fraction of sp³-hybridized carbons (Fsp3) is 0.364. The predicted octanol–water partition coefficient (Wildman–Crippen LogP) is 2.09. The second-order valence-corrected chi connectivity index (χ2v) is 8.02. The highest BCUT2D eigenvalue weighted by atomic mass is 19.1. The van der Waals surface area contributed by atoms with Gasteiger partial charge < -0.3 is 20.3 Å². The zero-order valence-corrected chi connectivity index (χ0v) is 18.6. The molecule has 0 aliphatic rings. The van der Waals surface area contributed by atoms with Gasteiger partial charge in [-0.3, -0.25) is 14.3 Å². The predicted molar refractivity (Wildman–Crippen MR) is 117 cm³/mol. The van der Waals surface area contributed by atoms with Crippen LogP contribution in [0.3, 0.4) is 0 Å². The highest BCUT2D eigenvalue weighted by Crippen LogP contribution is 2.26. The molecule has 0 aliphatic heterocycles. The fourth-order valence-corrected chi connectivity index (χ4v) is 3.17. The molecule has 0 saturated carbocycles. The maximum absolute atomic E-state index is 13.8. The summed E-state index contributed by atoms with van der Waals surface area (Å²) in [7, 11) is 0. The van der Waals surface area contributed by atoms with Crippen LogP contribution < -0.4 is 15.6 Å². The Labute approximate surface area is 193 Å². The van der Waals surface area contributed by atoms with E-state index in [0.29, 0.717) is 0 Å². The summed E-state index contributed by atoms with van der Waals surface area (Å²) >= 11 is 0. The molecule has 1 amide bonds. The molecule has 12 heteroatoms. The van der Waals surface area contributed by atoms with Crippen molar-refractivity contribution >= 4 is 11.7 Å². The molecule has 0 unspecified atom stereocenters. The first-order valence-electron chi connectivity index (χ1n) is 10.5. The Kier molecular flexibility index (Phi) is 8.08. The standard InChI is InChI=1S/C22H25F2N5O5/c1-13(2)8-18(22(33)26-19-6-7-28(27-19)11-14(31)12-30)29-20(32)9-15(10-25-29)34-21-16(23)4-3-5-17(21)24/h3-7,9-10,13-14,18,30-31H,8,11-12H2,1-2H3,(H,26,27,33)/t14-,18+/m1/s1. The number of nitrogens with one attached hydrogen (secondary N) is 1. The summed E-state index contributed by atoms with van der Waals surface area (Å²) in [5, 5.41) is 29.2. The van der Waals surface area contributed by atoms with Crippen LogP contribution in [0.5, 0.6) is 11.5 Å². The van der Waals surface area contributed by atoms with Gasteiger partial charge in [-0.25, -0.2) is 13.5 Å². The summed E-state index contributed by atoms with van der Waals surface area (Å²) in [5.41, 5.74) is -0.702. The van der Waals surface area contributed by atoms with Gasteiger partial charge in [-0.05, 0) is 24.5 Å². The van der Waals surface area contributed by atoms with Crippen molar-refractivity contribution in [1.29, 1.82) is 0 Å². The number of nitrogens with zero attached hydrogens (tertiary/aromatic N) is 4. The maximum Gasteiger partial charge on any atom is 0.271 e. The zero-order valence-electron chi connectivity index (χ0n) is 18.6. The quantitative estimate of drug-likeness (QED) is 0.407. The number of carbonyl (C=O) groups excluding carboxylic acids is 1. The number of hydrogen-bond acceptors (Lipinski definition) is 7. The van der Waals surface area contributed by atoms with Crippen LogP contribution >= 0.6 is 0 Å². The Balaban J connectivity index is 1.80. The molecule has 34 heavy (non-hydrogen) atoms. The van der Waals surface area contributed by atoms with E-state index in [1.165, 1.54) is 23.0 Å². The Morgan fingerprint density at radius 1 is 1.24 bits per heavy atom. The van der Waals surface area contributed by atoms with Crippen LogP contribution in [0.25, 0.3) is 0 Å². The van der Waals surface area contributed by atoms with Crippen LogP contribution in [0.15, 0.2) is 47.5 Å². The summed E-state index contributed by atoms with van der Waals surface area (Å²) in [6, 6.07) is 4.71. The van der Waals surface area contributed by atoms with E-state index in [1.54, 1.807) is 0 Å². The van der Waals surface area contributed by atoms with Crippen molar-refractivity contribution in [2.45, 2.75) is 39.0 Å². The molecule has 10 nitrogen and oxygen atoms in total. The van der Waals surface area contributed by atoms with Crippen LogP contribution in [0.1, 0.15) is 26.3 Å². The largest absolute Gasteiger partial charge is 0.449 e. The van der Waals surface area contributed by atoms with Crippen LogP contribution in [0.4, 0.5) is 14.6 Å². The molecule has 2 aromatic heterocycles. The highest BCUT2D eigenvalue weighted by molar-refractivity contribution is 5.92. The molecule has 3 N–H and O–H groups in total. The number of aliphatic hydroxyl groups is 2. The van der Waals surface area contributed by atoms with Crippen LogP contribution in [-0.2, 0) is 11.3 Å². The van der Waals surface area contributed by atoms with E-state index >= 15 is 0 Å².